The second kappa shape index (κ2) is 4.64. The van der Waals surface area contributed by atoms with Crippen molar-refractivity contribution in [1.29, 1.82) is 0 Å². The monoisotopic (exact) mass is 312 g/mol. The summed E-state index contributed by atoms with van der Waals surface area (Å²) in [7, 11) is 0. The molecule has 2 aliphatic heterocycles. The van der Waals surface area contributed by atoms with Crippen LogP contribution in [0.1, 0.15) is 24.5 Å². The molecule has 0 saturated carbocycles. The molecule has 2 saturated heterocycles. The highest BCUT2D eigenvalue weighted by Crippen LogP contribution is 2.40. The quantitative estimate of drug-likeness (QED) is 0.748. The summed E-state index contributed by atoms with van der Waals surface area (Å²) in [5.41, 5.74) is 0.955. The van der Waals surface area contributed by atoms with Gasteiger partial charge < -0.3 is 14.2 Å². The van der Waals surface area contributed by atoms with Crippen LogP contribution in [-0.2, 0) is 19.0 Å². The highest BCUT2D eigenvalue weighted by molar-refractivity contribution is 9.10. The molecule has 0 amide bonds. The normalized spacial score (nSPS) is 26.3. The number of benzene rings is 1. The van der Waals surface area contributed by atoms with Gasteiger partial charge in [0, 0.05) is 10.9 Å². The average molecular weight is 313 g/mol. The highest BCUT2D eigenvalue weighted by atomic mass is 79.9. The molecule has 2 fully saturated rings. The molecule has 0 N–H and O–H groups in total. The van der Waals surface area contributed by atoms with Crippen molar-refractivity contribution < 1.29 is 19.0 Å². The van der Waals surface area contributed by atoms with E-state index in [-0.39, 0.29) is 18.5 Å². The van der Waals surface area contributed by atoms with E-state index >= 15 is 0 Å². The van der Waals surface area contributed by atoms with E-state index in [4.69, 9.17) is 14.2 Å². The van der Waals surface area contributed by atoms with Gasteiger partial charge in [0.25, 0.3) is 0 Å². The third kappa shape index (κ3) is 2.30. The lowest BCUT2D eigenvalue weighted by molar-refractivity contribution is -0.221. The molecule has 2 heterocycles. The smallest absolute Gasteiger partial charge is 0.311 e. The maximum atomic E-state index is 11.7. The highest BCUT2D eigenvalue weighted by Gasteiger charge is 2.46. The van der Waals surface area contributed by atoms with E-state index in [1.54, 1.807) is 0 Å². The Morgan fingerprint density at radius 1 is 1.28 bits per heavy atom. The predicted molar refractivity (Wildman–Crippen MR) is 66.8 cm³/mol. The molecule has 2 aliphatic rings. The van der Waals surface area contributed by atoms with Crippen LogP contribution < -0.4 is 0 Å². The second-order valence-corrected chi connectivity index (χ2v) is 5.44. The van der Waals surface area contributed by atoms with Gasteiger partial charge in [-0.05, 0) is 17.7 Å². The van der Waals surface area contributed by atoms with E-state index in [0.29, 0.717) is 19.6 Å². The number of esters is 1. The molecule has 0 aliphatic carbocycles. The number of halogens is 1. The maximum Gasteiger partial charge on any atom is 0.311 e. The molecular formula is C13H13BrO4. The Morgan fingerprint density at radius 3 is 2.78 bits per heavy atom. The first kappa shape index (κ1) is 12.1. The Kier molecular flexibility index (Phi) is 3.13. The molecule has 0 bridgehead atoms. The molecule has 5 heteroatoms. The van der Waals surface area contributed by atoms with Gasteiger partial charge in [0.15, 0.2) is 5.79 Å². The van der Waals surface area contributed by atoms with Crippen molar-refractivity contribution in [1.82, 2.24) is 0 Å². The fourth-order valence-electron chi connectivity index (χ4n) is 2.43. The van der Waals surface area contributed by atoms with Crippen molar-refractivity contribution in [3.63, 3.8) is 0 Å². The number of hydrogen-bond acceptors (Lipinski definition) is 4. The van der Waals surface area contributed by atoms with Crippen LogP contribution in [0.25, 0.3) is 0 Å². The fraction of sp³-hybridized carbons (Fsp3) is 0.462. The number of hydrogen-bond donors (Lipinski definition) is 0. The topological polar surface area (TPSA) is 44.8 Å². The van der Waals surface area contributed by atoms with Gasteiger partial charge in [-0.1, -0.05) is 28.1 Å². The zero-order valence-electron chi connectivity index (χ0n) is 9.73. The summed E-state index contributed by atoms with van der Waals surface area (Å²) in [6.07, 6.45) is 0.425. The van der Waals surface area contributed by atoms with E-state index in [1.807, 2.05) is 24.3 Å². The lowest BCUT2D eigenvalue weighted by Gasteiger charge is -2.35. The SMILES string of the molecule is O=C1CC2(CC(c3cccc(Br)c3)O1)OCCO2. The molecule has 96 valence electrons. The lowest BCUT2D eigenvalue weighted by atomic mass is 9.96. The van der Waals surface area contributed by atoms with Crippen molar-refractivity contribution in [2.24, 2.45) is 0 Å². The van der Waals surface area contributed by atoms with E-state index in [0.717, 1.165) is 10.0 Å². The molecular weight excluding hydrogens is 300 g/mol. The van der Waals surface area contributed by atoms with Crippen molar-refractivity contribution in [2.75, 3.05) is 13.2 Å². The minimum absolute atomic E-state index is 0.178. The van der Waals surface area contributed by atoms with Crippen LogP contribution >= 0.6 is 15.9 Å². The van der Waals surface area contributed by atoms with Gasteiger partial charge in [-0.3, -0.25) is 4.79 Å². The summed E-state index contributed by atoms with van der Waals surface area (Å²) in [6.45, 7) is 1.08. The number of cyclic esters (lactones) is 1. The van der Waals surface area contributed by atoms with E-state index in [9.17, 15) is 4.79 Å². The minimum atomic E-state index is -0.775. The fourth-order valence-corrected chi connectivity index (χ4v) is 2.84. The molecule has 0 aromatic heterocycles. The van der Waals surface area contributed by atoms with Gasteiger partial charge in [0.1, 0.15) is 6.10 Å². The third-order valence-electron chi connectivity index (χ3n) is 3.22. The van der Waals surface area contributed by atoms with E-state index in [2.05, 4.69) is 15.9 Å². The van der Waals surface area contributed by atoms with Crippen LogP contribution in [0.4, 0.5) is 0 Å². The van der Waals surface area contributed by atoms with Crippen molar-refractivity contribution in [3.8, 4) is 0 Å². The second-order valence-electron chi connectivity index (χ2n) is 4.52. The number of carbonyl (C=O) groups excluding carboxylic acids is 1. The summed E-state index contributed by atoms with van der Waals surface area (Å²) in [5, 5.41) is 0. The minimum Gasteiger partial charge on any atom is -0.457 e. The third-order valence-corrected chi connectivity index (χ3v) is 3.71. The summed E-state index contributed by atoms with van der Waals surface area (Å²) in [4.78, 5) is 11.7. The lowest BCUT2D eigenvalue weighted by Crippen LogP contribution is -2.41. The molecule has 1 aromatic rings. The first-order chi connectivity index (χ1) is 8.67. The number of rotatable bonds is 1. The van der Waals surface area contributed by atoms with E-state index in [1.165, 1.54) is 0 Å². The van der Waals surface area contributed by atoms with Crippen LogP contribution in [-0.4, -0.2) is 25.0 Å². The van der Waals surface area contributed by atoms with E-state index < -0.39 is 5.79 Å². The molecule has 18 heavy (non-hydrogen) atoms. The van der Waals surface area contributed by atoms with Crippen molar-refractivity contribution in [3.05, 3.63) is 34.3 Å². The van der Waals surface area contributed by atoms with Crippen LogP contribution in [0.3, 0.4) is 0 Å². The summed E-state index contributed by atoms with van der Waals surface area (Å²) in [6, 6.07) is 7.75. The largest absolute Gasteiger partial charge is 0.457 e. The van der Waals surface area contributed by atoms with Crippen LogP contribution in [0, 0.1) is 0 Å². The zero-order valence-corrected chi connectivity index (χ0v) is 11.3. The molecule has 1 aromatic carbocycles. The Hall–Kier alpha value is -0.910. The van der Waals surface area contributed by atoms with Gasteiger partial charge in [0.2, 0.25) is 0 Å². The Labute approximate surface area is 113 Å². The van der Waals surface area contributed by atoms with Crippen molar-refractivity contribution >= 4 is 21.9 Å². The molecule has 1 unspecified atom stereocenters. The van der Waals surface area contributed by atoms with Gasteiger partial charge in [-0.25, -0.2) is 0 Å². The standard InChI is InChI=1S/C13H13BrO4/c14-10-3-1-2-9(6-10)11-7-13(8-12(15)18-11)16-4-5-17-13/h1-3,6,11H,4-5,7-8H2. The van der Waals surface area contributed by atoms with Crippen LogP contribution in [0.15, 0.2) is 28.7 Å². The van der Waals surface area contributed by atoms with Gasteiger partial charge >= 0.3 is 5.97 Å². The molecule has 4 nitrogen and oxygen atoms in total. The first-order valence-corrected chi connectivity index (χ1v) is 6.69. The molecule has 1 atom stereocenters. The average Bonchev–Trinajstić information content (AvgIpc) is 2.76. The van der Waals surface area contributed by atoms with Crippen molar-refractivity contribution in [2.45, 2.75) is 24.7 Å². The van der Waals surface area contributed by atoms with Crippen LogP contribution in [0.2, 0.25) is 0 Å². The Balaban J connectivity index is 1.86. The maximum absolute atomic E-state index is 11.7. The first-order valence-electron chi connectivity index (χ1n) is 5.90. The van der Waals surface area contributed by atoms with Gasteiger partial charge in [-0.2, -0.15) is 0 Å². The molecule has 3 rings (SSSR count). The molecule has 0 radical (unpaired) electrons. The Morgan fingerprint density at radius 2 is 2.06 bits per heavy atom. The predicted octanol–water partition coefficient (Wildman–Crippen LogP) is 2.57. The number of carbonyl (C=O) groups is 1. The van der Waals surface area contributed by atoms with Crippen LogP contribution in [0.5, 0.6) is 0 Å². The van der Waals surface area contributed by atoms with Gasteiger partial charge in [0.05, 0.1) is 19.6 Å². The molecule has 1 spiro atoms. The Bertz CT molecular complexity index is 468. The number of ether oxygens (including phenoxy) is 3. The summed E-state index contributed by atoms with van der Waals surface area (Å²) in [5.74, 6) is -1.05. The zero-order chi connectivity index (χ0) is 12.6. The van der Waals surface area contributed by atoms with Gasteiger partial charge in [-0.15, -0.1) is 0 Å². The summed E-state index contributed by atoms with van der Waals surface area (Å²) >= 11 is 3.42. The summed E-state index contributed by atoms with van der Waals surface area (Å²) < 4.78 is 17.6.